The predicted octanol–water partition coefficient (Wildman–Crippen LogP) is 3.21. The number of rotatable bonds is 3. The lowest BCUT2D eigenvalue weighted by Crippen LogP contribution is -2.23. The summed E-state index contributed by atoms with van der Waals surface area (Å²) in [5.74, 6) is 1.76. The van der Waals surface area contributed by atoms with E-state index < -0.39 is 10.0 Å². The lowest BCUT2D eigenvalue weighted by Gasteiger charge is -2.24. The van der Waals surface area contributed by atoms with Gasteiger partial charge in [-0.1, -0.05) is 23.2 Å². The molecule has 0 aliphatic heterocycles. The van der Waals surface area contributed by atoms with Crippen molar-refractivity contribution < 1.29 is 13.2 Å². The third-order valence-electron chi connectivity index (χ3n) is 4.27. The van der Waals surface area contributed by atoms with Crippen LogP contribution in [0.3, 0.4) is 0 Å². The zero-order chi connectivity index (χ0) is 14.5. The fraction of sp³-hybridized carbons (Fsp3) is 0.538. The van der Waals surface area contributed by atoms with E-state index in [-0.39, 0.29) is 21.0 Å². The highest BCUT2D eigenvalue weighted by molar-refractivity contribution is 7.89. The van der Waals surface area contributed by atoms with Gasteiger partial charge in [0.25, 0.3) is 0 Å². The Morgan fingerprint density at radius 3 is 2.45 bits per heavy atom. The number of primary sulfonamides is 1. The summed E-state index contributed by atoms with van der Waals surface area (Å²) < 4.78 is 28.7. The van der Waals surface area contributed by atoms with E-state index >= 15 is 0 Å². The van der Waals surface area contributed by atoms with E-state index in [1.807, 2.05) is 0 Å². The van der Waals surface area contributed by atoms with Crippen molar-refractivity contribution in [3.8, 4) is 5.75 Å². The van der Waals surface area contributed by atoms with Gasteiger partial charge in [-0.2, -0.15) is 0 Å². The summed E-state index contributed by atoms with van der Waals surface area (Å²) in [5, 5.41) is 5.12. The van der Waals surface area contributed by atoms with Crippen molar-refractivity contribution in [2.24, 2.45) is 17.0 Å². The summed E-state index contributed by atoms with van der Waals surface area (Å²) in [7, 11) is -3.88. The number of benzene rings is 1. The van der Waals surface area contributed by atoms with Crippen molar-refractivity contribution in [3.63, 3.8) is 0 Å². The Morgan fingerprint density at radius 1 is 1.15 bits per heavy atom. The molecule has 1 aromatic rings. The van der Waals surface area contributed by atoms with Crippen molar-refractivity contribution in [2.75, 3.05) is 0 Å². The van der Waals surface area contributed by atoms with Crippen molar-refractivity contribution >= 4 is 33.2 Å². The van der Waals surface area contributed by atoms with E-state index in [0.717, 1.165) is 12.3 Å². The molecule has 7 heteroatoms. The van der Waals surface area contributed by atoms with E-state index in [4.69, 9.17) is 33.1 Å². The smallest absolute Gasteiger partial charge is 0.239 e. The molecular weight excluding hydrogens is 321 g/mol. The average Bonchev–Trinajstić information content (AvgIpc) is 2.95. The molecule has 20 heavy (non-hydrogen) atoms. The van der Waals surface area contributed by atoms with Crippen LogP contribution in [0.5, 0.6) is 5.75 Å². The number of fused-ring (bicyclic) bond motifs is 2. The van der Waals surface area contributed by atoms with Crippen molar-refractivity contribution in [2.45, 2.75) is 36.7 Å². The van der Waals surface area contributed by atoms with Gasteiger partial charge in [-0.05, 0) is 49.7 Å². The van der Waals surface area contributed by atoms with Crippen LogP contribution in [0.4, 0.5) is 0 Å². The standard InChI is InChI=1S/C13H15Cl2NO3S/c14-12-9(3-4-11(13(12)15)20(16,17)18)19-10-6-7-1-2-8(10)5-7/h3-4,7-8,10H,1-2,5-6H2,(H2,16,17,18). The number of nitrogens with two attached hydrogens (primary N) is 1. The molecule has 2 bridgehead atoms. The molecule has 0 aromatic heterocycles. The molecule has 1 aromatic carbocycles. The molecule has 2 N–H and O–H groups in total. The molecular formula is C13H15Cl2NO3S. The van der Waals surface area contributed by atoms with Gasteiger partial charge < -0.3 is 4.74 Å². The Morgan fingerprint density at radius 2 is 1.90 bits per heavy atom. The zero-order valence-electron chi connectivity index (χ0n) is 10.7. The second-order valence-electron chi connectivity index (χ2n) is 5.57. The second kappa shape index (κ2) is 5.05. The Labute approximate surface area is 128 Å². The molecule has 110 valence electrons. The minimum Gasteiger partial charge on any atom is -0.489 e. The summed E-state index contributed by atoms with van der Waals surface area (Å²) >= 11 is 12.1. The normalized spacial score (nSPS) is 28.9. The van der Waals surface area contributed by atoms with Gasteiger partial charge in [-0.25, -0.2) is 13.6 Å². The van der Waals surface area contributed by atoms with E-state index in [0.29, 0.717) is 11.7 Å². The van der Waals surface area contributed by atoms with Gasteiger partial charge in [-0.3, -0.25) is 0 Å². The van der Waals surface area contributed by atoms with Crippen LogP contribution in [0.2, 0.25) is 10.0 Å². The zero-order valence-corrected chi connectivity index (χ0v) is 13.0. The van der Waals surface area contributed by atoms with Crippen LogP contribution in [-0.2, 0) is 10.0 Å². The summed E-state index contributed by atoms with van der Waals surface area (Å²) in [6.45, 7) is 0. The van der Waals surface area contributed by atoms with Crippen molar-refractivity contribution in [1.82, 2.24) is 0 Å². The Balaban J connectivity index is 1.86. The van der Waals surface area contributed by atoms with Crippen LogP contribution < -0.4 is 9.88 Å². The van der Waals surface area contributed by atoms with E-state index in [9.17, 15) is 8.42 Å². The van der Waals surface area contributed by atoms with Crippen LogP contribution >= 0.6 is 23.2 Å². The van der Waals surface area contributed by atoms with Crippen LogP contribution in [0.25, 0.3) is 0 Å². The van der Waals surface area contributed by atoms with Crippen LogP contribution in [0.1, 0.15) is 25.7 Å². The molecule has 0 saturated heterocycles. The number of sulfonamides is 1. The minimum atomic E-state index is -3.88. The van der Waals surface area contributed by atoms with Gasteiger partial charge in [-0.15, -0.1) is 0 Å². The first kappa shape index (κ1) is 14.4. The maximum Gasteiger partial charge on any atom is 0.239 e. The number of hydrogen-bond donors (Lipinski definition) is 1. The fourth-order valence-corrected chi connectivity index (χ4v) is 4.67. The molecule has 2 saturated carbocycles. The van der Waals surface area contributed by atoms with Gasteiger partial charge in [0.1, 0.15) is 21.8 Å². The first-order valence-electron chi connectivity index (χ1n) is 6.53. The highest BCUT2D eigenvalue weighted by atomic mass is 35.5. The average molecular weight is 336 g/mol. The predicted molar refractivity (Wildman–Crippen MR) is 77.7 cm³/mol. The molecule has 3 unspecified atom stereocenters. The van der Waals surface area contributed by atoms with E-state index in [2.05, 4.69) is 0 Å². The molecule has 2 aliphatic carbocycles. The van der Waals surface area contributed by atoms with Crippen molar-refractivity contribution in [3.05, 3.63) is 22.2 Å². The molecule has 3 atom stereocenters. The van der Waals surface area contributed by atoms with Gasteiger partial charge in [0.05, 0.1) is 5.02 Å². The Kier molecular flexibility index (Phi) is 3.65. The monoisotopic (exact) mass is 335 g/mol. The van der Waals surface area contributed by atoms with Gasteiger partial charge >= 0.3 is 0 Å². The summed E-state index contributed by atoms with van der Waals surface area (Å²) in [6, 6.07) is 2.87. The first-order valence-corrected chi connectivity index (χ1v) is 8.84. The minimum absolute atomic E-state index is 0.0742. The molecule has 0 amide bonds. The topological polar surface area (TPSA) is 69.4 Å². The maximum atomic E-state index is 11.4. The maximum absolute atomic E-state index is 11.4. The van der Waals surface area contributed by atoms with Gasteiger partial charge in [0.15, 0.2) is 0 Å². The van der Waals surface area contributed by atoms with Crippen LogP contribution in [0.15, 0.2) is 17.0 Å². The highest BCUT2D eigenvalue weighted by Gasteiger charge is 2.41. The third kappa shape index (κ3) is 2.52. The van der Waals surface area contributed by atoms with Crippen molar-refractivity contribution in [1.29, 1.82) is 0 Å². The van der Waals surface area contributed by atoms with Gasteiger partial charge in [0, 0.05) is 0 Å². The Hall–Kier alpha value is -0.490. The quantitative estimate of drug-likeness (QED) is 0.921. The Bertz CT molecular complexity index is 647. The van der Waals surface area contributed by atoms with Crippen LogP contribution in [0, 0.1) is 11.8 Å². The fourth-order valence-electron chi connectivity index (χ4n) is 3.32. The number of halogens is 2. The molecule has 0 spiro atoms. The lowest BCUT2D eigenvalue weighted by molar-refractivity contribution is 0.138. The molecule has 3 rings (SSSR count). The summed E-state index contributed by atoms with van der Waals surface area (Å²) in [4.78, 5) is -0.176. The molecule has 0 heterocycles. The third-order valence-corrected chi connectivity index (χ3v) is 6.20. The molecule has 4 nitrogen and oxygen atoms in total. The molecule has 0 radical (unpaired) electrons. The van der Waals surface area contributed by atoms with E-state index in [1.165, 1.54) is 31.4 Å². The largest absolute Gasteiger partial charge is 0.489 e. The second-order valence-corrected chi connectivity index (χ2v) is 7.85. The van der Waals surface area contributed by atoms with E-state index in [1.54, 1.807) is 0 Å². The summed E-state index contributed by atoms with van der Waals surface area (Å²) in [6.07, 6.45) is 4.88. The lowest BCUT2D eigenvalue weighted by atomic mass is 9.98. The number of ether oxygens (including phenoxy) is 1. The van der Waals surface area contributed by atoms with Crippen LogP contribution in [-0.4, -0.2) is 14.5 Å². The highest BCUT2D eigenvalue weighted by Crippen LogP contribution is 2.47. The molecule has 2 aliphatic rings. The first-order chi connectivity index (χ1) is 9.36. The SMILES string of the molecule is NS(=O)(=O)c1ccc(OC2CC3CCC2C3)c(Cl)c1Cl. The molecule has 2 fully saturated rings. The number of hydrogen-bond acceptors (Lipinski definition) is 3. The summed E-state index contributed by atoms with van der Waals surface area (Å²) in [5.41, 5.74) is 0. The van der Waals surface area contributed by atoms with Gasteiger partial charge in [0.2, 0.25) is 10.0 Å².